The zero-order valence-corrected chi connectivity index (χ0v) is 20.0. The van der Waals surface area contributed by atoms with Crippen LogP contribution in [0.2, 0.25) is 0 Å². The van der Waals surface area contributed by atoms with Crippen LogP contribution in [-0.2, 0) is 16.1 Å². The van der Waals surface area contributed by atoms with E-state index in [9.17, 15) is 14.4 Å². The molecule has 0 aromatic carbocycles. The first-order valence-electron chi connectivity index (χ1n) is 10.2. The Morgan fingerprint density at radius 2 is 2.00 bits per heavy atom. The van der Waals surface area contributed by atoms with Gasteiger partial charge in [0, 0.05) is 11.9 Å². The Kier molecular flexibility index (Phi) is 6.44. The third kappa shape index (κ3) is 4.53. The van der Waals surface area contributed by atoms with Crippen molar-refractivity contribution in [3.05, 3.63) is 20.8 Å². The molecule has 1 saturated heterocycles. The largest absolute Gasteiger partial charge is 0.339 e. The molecule has 1 aliphatic heterocycles. The molecule has 160 valence electrons. The number of amides is 4. The number of halogens is 1. The van der Waals surface area contributed by atoms with Crippen LogP contribution in [0.5, 0.6) is 0 Å². The van der Waals surface area contributed by atoms with Crippen LogP contribution in [0, 0.1) is 11.3 Å². The van der Waals surface area contributed by atoms with Crippen LogP contribution in [0.1, 0.15) is 57.8 Å². The van der Waals surface area contributed by atoms with Crippen LogP contribution in [0.15, 0.2) is 15.9 Å². The fraction of sp³-hybridized carbons (Fsp3) is 0.667. The number of imide groups is 1. The lowest BCUT2D eigenvalue weighted by Crippen LogP contribution is -2.51. The third-order valence-electron chi connectivity index (χ3n) is 6.84. The molecule has 0 unspecified atom stereocenters. The number of carbonyl (C=O) groups is 3. The molecule has 1 N–H and O–H groups in total. The van der Waals surface area contributed by atoms with E-state index in [1.807, 2.05) is 12.1 Å². The van der Waals surface area contributed by atoms with E-state index in [-0.39, 0.29) is 23.8 Å². The molecular formula is C21H30BrN3O3S. The molecule has 2 aliphatic rings. The highest BCUT2D eigenvalue weighted by atomic mass is 79.9. The molecule has 1 saturated carbocycles. The number of hydrogen-bond acceptors (Lipinski definition) is 4. The van der Waals surface area contributed by atoms with Gasteiger partial charge in [-0.2, -0.15) is 0 Å². The molecule has 0 bridgehead atoms. The summed E-state index contributed by atoms with van der Waals surface area (Å²) in [5, 5.41) is 2.92. The Morgan fingerprint density at radius 3 is 2.55 bits per heavy atom. The molecule has 0 radical (unpaired) electrons. The van der Waals surface area contributed by atoms with Crippen molar-refractivity contribution in [3.8, 4) is 0 Å². The van der Waals surface area contributed by atoms with E-state index < -0.39 is 11.6 Å². The summed E-state index contributed by atoms with van der Waals surface area (Å²) < 4.78 is 1.01. The summed E-state index contributed by atoms with van der Waals surface area (Å²) >= 11 is 4.98. The monoisotopic (exact) mass is 483 g/mol. The number of urea groups is 1. The van der Waals surface area contributed by atoms with Crippen molar-refractivity contribution in [1.82, 2.24) is 15.1 Å². The molecule has 2 fully saturated rings. The minimum absolute atomic E-state index is 0.209. The summed E-state index contributed by atoms with van der Waals surface area (Å²) in [6, 6.07) is 3.46. The lowest BCUT2D eigenvalue weighted by molar-refractivity contribution is -0.139. The van der Waals surface area contributed by atoms with Gasteiger partial charge in [-0.15, -0.1) is 11.3 Å². The summed E-state index contributed by atoms with van der Waals surface area (Å²) in [7, 11) is 1.70. The standard InChI is InChI=1S/C21H30BrN3O3S/c1-5-20(2,3)14-8-10-21(11-9-14)18(27)25(19(28)23-21)13-17(26)24(4)12-15-6-7-16(22)29-15/h6-7,14H,5,8-13H2,1-4H3,(H,23,28). The molecule has 1 spiro atoms. The van der Waals surface area contributed by atoms with Gasteiger partial charge in [0.1, 0.15) is 12.1 Å². The topological polar surface area (TPSA) is 69.7 Å². The molecule has 4 amide bonds. The smallest absolute Gasteiger partial charge is 0.325 e. The molecule has 0 atom stereocenters. The Hall–Kier alpha value is -1.41. The van der Waals surface area contributed by atoms with E-state index in [0.717, 1.165) is 32.8 Å². The van der Waals surface area contributed by atoms with Crippen molar-refractivity contribution in [2.75, 3.05) is 13.6 Å². The second-order valence-corrected chi connectivity index (χ2v) is 11.5. The number of rotatable bonds is 6. The summed E-state index contributed by atoms with van der Waals surface area (Å²) in [6.07, 6.45) is 4.23. The third-order valence-corrected chi connectivity index (χ3v) is 8.45. The minimum Gasteiger partial charge on any atom is -0.339 e. The van der Waals surface area contributed by atoms with Crippen LogP contribution >= 0.6 is 27.3 Å². The summed E-state index contributed by atoms with van der Waals surface area (Å²) in [6.45, 7) is 7.00. The van der Waals surface area contributed by atoms with E-state index in [1.54, 1.807) is 23.3 Å². The highest BCUT2D eigenvalue weighted by Gasteiger charge is 2.53. The van der Waals surface area contributed by atoms with E-state index in [0.29, 0.717) is 25.3 Å². The van der Waals surface area contributed by atoms with Gasteiger partial charge in [0.05, 0.1) is 10.3 Å². The predicted octanol–water partition coefficient (Wildman–Crippen LogP) is 4.39. The van der Waals surface area contributed by atoms with E-state index >= 15 is 0 Å². The first kappa shape index (κ1) is 22.3. The van der Waals surface area contributed by atoms with Crippen LogP contribution in [-0.4, -0.2) is 46.8 Å². The number of nitrogens with one attached hydrogen (secondary N) is 1. The maximum Gasteiger partial charge on any atom is 0.325 e. The van der Waals surface area contributed by atoms with Crippen molar-refractivity contribution >= 4 is 45.1 Å². The molecule has 1 aromatic heterocycles. The molecule has 29 heavy (non-hydrogen) atoms. The van der Waals surface area contributed by atoms with Crippen LogP contribution in [0.4, 0.5) is 4.79 Å². The predicted molar refractivity (Wildman–Crippen MR) is 117 cm³/mol. The molecule has 1 aliphatic carbocycles. The Morgan fingerprint density at radius 1 is 1.34 bits per heavy atom. The van der Waals surface area contributed by atoms with Gasteiger partial charge in [0.25, 0.3) is 5.91 Å². The van der Waals surface area contributed by atoms with Crippen molar-refractivity contribution < 1.29 is 14.4 Å². The number of carbonyl (C=O) groups excluding carboxylic acids is 3. The van der Waals surface area contributed by atoms with E-state index in [2.05, 4.69) is 42.0 Å². The second kappa shape index (κ2) is 8.38. The average Bonchev–Trinajstić information content (AvgIpc) is 3.18. The summed E-state index contributed by atoms with van der Waals surface area (Å²) in [5.74, 6) is 0.0708. The van der Waals surface area contributed by atoms with Gasteiger partial charge >= 0.3 is 6.03 Å². The molecule has 6 nitrogen and oxygen atoms in total. The van der Waals surface area contributed by atoms with Gasteiger partial charge in [-0.3, -0.25) is 14.5 Å². The SMILES string of the molecule is CCC(C)(C)C1CCC2(CC1)NC(=O)N(CC(=O)N(C)Cc1ccc(Br)s1)C2=O. The number of nitrogens with zero attached hydrogens (tertiary/aromatic N) is 2. The minimum atomic E-state index is -0.825. The zero-order valence-electron chi connectivity index (χ0n) is 17.6. The normalized spacial score (nSPS) is 24.9. The van der Waals surface area contributed by atoms with E-state index in [4.69, 9.17) is 0 Å². The van der Waals surface area contributed by atoms with Crippen LogP contribution in [0.3, 0.4) is 0 Å². The lowest BCUT2D eigenvalue weighted by atomic mass is 9.65. The number of hydrogen-bond donors (Lipinski definition) is 1. The first-order valence-corrected chi connectivity index (χ1v) is 11.8. The zero-order chi connectivity index (χ0) is 21.4. The van der Waals surface area contributed by atoms with Crippen molar-refractivity contribution in [2.24, 2.45) is 11.3 Å². The molecule has 2 heterocycles. The van der Waals surface area contributed by atoms with Gasteiger partial charge in [-0.1, -0.05) is 27.2 Å². The highest BCUT2D eigenvalue weighted by molar-refractivity contribution is 9.11. The van der Waals surface area contributed by atoms with E-state index in [1.165, 1.54) is 0 Å². The lowest BCUT2D eigenvalue weighted by Gasteiger charge is -2.42. The van der Waals surface area contributed by atoms with Gasteiger partial charge in [-0.05, 0) is 65.1 Å². The highest BCUT2D eigenvalue weighted by Crippen LogP contribution is 2.45. The van der Waals surface area contributed by atoms with Gasteiger partial charge in [0.2, 0.25) is 5.91 Å². The maximum absolute atomic E-state index is 13.1. The van der Waals surface area contributed by atoms with Gasteiger partial charge in [0.15, 0.2) is 0 Å². The van der Waals surface area contributed by atoms with Crippen LogP contribution in [0.25, 0.3) is 0 Å². The quantitative estimate of drug-likeness (QED) is 0.610. The maximum atomic E-state index is 13.1. The van der Waals surface area contributed by atoms with Crippen molar-refractivity contribution in [1.29, 1.82) is 0 Å². The van der Waals surface area contributed by atoms with Crippen molar-refractivity contribution in [3.63, 3.8) is 0 Å². The van der Waals surface area contributed by atoms with Crippen molar-refractivity contribution in [2.45, 2.75) is 65.0 Å². The van der Waals surface area contributed by atoms with Gasteiger partial charge < -0.3 is 10.2 Å². The summed E-state index contributed by atoms with van der Waals surface area (Å²) in [4.78, 5) is 42.0. The molecule has 3 rings (SSSR count). The fourth-order valence-electron chi connectivity index (χ4n) is 4.35. The average molecular weight is 484 g/mol. The Labute approximate surface area is 185 Å². The van der Waals surface area contributed by atoms with Gasteiger partial charge in [-0.25, -0.2) is 4.79 Å². The molecule has 1 aromatic rings. The molecule has 8 heteroatoms. The second-order valence-electron chi connectivity index (χ2n) is 8.98. The molecular weight excluding hydrogens is 454 g/mol. The fourth-order valence-corrected chi connectivity index (χ4v) is 5.89. The van der Waals surface area contributed by atoms with Crippen LogP contribution < -0.4 is 5.32 Å². The Balaban J connectivity index is 1.61. The summed E-state index contributed by atoms with van der Waals surface area (Å²) in [5.41, 5.74) is -0.586. The number of likely N-dealkylation sites (N-methyl/N-ethyl adjacent to an activating group) is 1. The first-order chi connectivity index (χ1) is 13.6. The Bertz CT molecular complexity index is 799. The number of thiophene rings is 1.